The van der Waals surface area contributed by atoms with E-state index in [2.05, 4.69) is 40.1 Å². The average molecular weight is 391 g/mol. The standard InChI is InChI=1S/C15H20ClIN2/c16-12-3-4-14(17)13(8-12)15(19-18)7-11-6-9-1-2-10(11)5-9/h3-4,8-11,15,19H,1-2,5-7,18H2. The zero-order valence-corrected chi connectivity index (χ0v) is 13.8. The van der Waals surface area contributed by atoms with Gasteiger partial charge in [-0.1, -0.05) is 18.0 Å². The van der Waals surface area contributed by atoms with Gasteiger partial charge in [0.25, 0.3) is 0 Å². The highest BCUT2D eigenvalue weighted by Gasteiger charge is 2.40. The van der Waals surface area contributed by atoms with E-state index in [1.165, 1.54) is 34.8 Å². The van der Waals surface area contributed by atoms with Crippen molar-refractivity contribution in [2.45, 2.75) is 38.1 Å². The molecule has 1 aromatic rings. The van der Waals surface area contributed by atoms with Crippen LogP contribution in [-0.4, -0.2) is 0 Å². The molecule has 2 aliphatic rings. The van der Waals surface area contributed by atoms with Crippen LogP contribution in [-0.2, 0) is 0 Å². The van der Waals surface area contributed by atoms with Crippen LogP contribution in [0, 0.1) is 21.3 Å². The number of benzene rings is 1. The van der Waals surface area contributed by atoms with Gasteiger partial charge in [0.15, 0.2) is 0 Å². The fraction of sp³-hybridized carbons (Fsp3) is 0.600. The van der Waals surface area contributed by atoms with Gasteiger partial charge in [0.05, 0.1) is 0 Å². The Hall–Kier alpha value is 0.160. The van der Waals surface area contributed by atoms with Crippen LogP contribution in [0.1, 0.15) is 43.7 Å². The second-order valence-electron chi connectivity index (χ2n) is 6.06. The monoisotopic (exact) mass is 390 g/mol. The van der Waals surface area contributed by atoms with E-state index in [0.29, 0.717) is 0 Å². The van der Waals surface area contributed by atoms with E-state index in [1.807, 2.05) is 6.07 Å². The maximum Gasteiger partial charge on any atom is 0.0473 e. The summed E-state index contributed by atoms with van der Waals surface area (Å²) in [6.45, 7) is 0. The molecule has 2 nitrogen and oxygen atoms in total. The van der Waals surface area contributed by atoms with Gasteiger partial charge in [-0.25, -0.2) is 0 Å². The molecule has 2 saturated carbocycles. The Morgan fingerprint density at radius 2 is 2.21 bits per heavy atom. The summed E-state index contributed by atoms with van der Waals surface area (Å²) in [6.07, 6.45) is 6.89. The number of fused-ring (bicyclic) bond motifs is 2. The number of nitrogens with two attached hydrogens (primary N) is 1. The van der Waals surface area contributed by atoms with Crippen LogP contribution in [0.2, 0.25) is 5.02 Å². The Bertz CT molecular complexity index is 465. The van der Waals surface area contributed by atoms with Gasteiger partial charge < -0.3 is 0 Å². The molecule has 3 rings (SSSR count). The molecule has 0 radical (unpaired) electrons. The minimum Gasteiger partial charge on any atom is -0.271 e. The predicted octanol–water partition coefficient (Wildman–Crippen LogP) is 4.28. The Labute approximate surface area is 133 Å². The first kappa shape index (κ1) is 14.1. The maximum atomic E-state index is 6.13. The van der Waals surface area contributed by atoms with Crippen LogP contribution in [0.15, 0.2) is 18.2 Å². The number of nitrogens with one attached hydrogen (secondary N) is 1. The van der Waals surface area contributed by atoms with E-state index in [-0.39, 0.29) is 6.04 Å². The van der Waals surface area contributed by atoms with Crippen LogP contribution in [0.5, 0.6) is 0 Å². The fourth-order valence-corrected chi connectivity index (χ4v) is 4.93. The highest BCUT2D eigenvalue weighted by molar-refractivity contribution is 14.1. The normalized spacial score (nSPS) is 30.8. The van der Waals surface area contributed by atoms with Crippen LogP contribution >= 0.6 is 34.2 Å². The highest BCUT2D eigenvalue weighted by atomic mass is 127. The first-order valence-corrected chi connectivity index (χ1v) is 8.54. The zero-order chi connectivity index (χ0) is 13.4. The van der Waals surface area contributed by atoms with Crippen molar-refractivity contribution in [2.75, 3.05) is 0 Å². The van der Waals surface area contributed by atoms with Crippen molar-refractivity contribution >= 4 is 34.2 Å². The van der Waals surface area contributed by atoms with Crippen molar-refractivity contribution in [3.63, 3.8) is 0 Å². The lowest BCUT2D eigenvalue weighted by molar-refractivity contribution is 0.280. The minimum absolute atomic E-state index is 0.231. The number of hydrazine groups is 1. The van der Waals surface area contributed by atoms with Gasteiger partial charge >= 0.3 is 0 Å². The Kier molecular flexibility index (Phi) is 4.37. The van der Waals surface area contributed by atoms with E-state index >= 15 is 0 Å². The number of rotatable bonds is 4. The Morgan fingerprint density at radius 3 is 2.84 bits per heavy atom. The molecule has 4 heteroatoms. The summed E-state index contributed by atoms with van der Waals surface area (Å²) in [6, 6.07) is 6.30. The molecular formula is C15H20ClIN2. The summed E-state index contributed by atoms with van der Waals surface area (Å²) in [5.74, 6) is 8.58. The summed E-state index contributed by atoms with van der Waals surface area (Å²) in [5, 5.41) is 0.795. The molecule has 4 atom stereocenters. The summed E-state index contributed by atoms with van der Waals surface area (Å²) in [5.41, 5.74) is 4.26. The molecule has 4 unspecified atom stereocenters. The summed E-state index contributed by atoms with van der Waals surface area (Å²) >= 11 is 8.50. The largest absolute Gasteiger partial charge is 0.271 e. The Morgan fingerprint density at radius 1 is 1.37 bits per heavy atom. The van der Waals surface area contributed by atoms with Crippen LogP contribution in [0.3, 0.4) is 0 Å². The molecule has 0 heterocycles. The van der Waals surface area contributed by atoms with Gasteiger partial charge in [-0.3, -0.25) is 11.3 Å². The minimum atomic E-state index is 0.231. The third-order valence-electron chi connectivity index (χ3n) is 4.96. The molecule has 0 spiro atoms. The average Bonchev–Trinajstić information content (AvgIpc) is 3.01. The molecule has 19 heavy (non-hydrogen) atoms. The topological polar surface area (TPSA) is 38.0 Å². The quantitative estimate of drug-likeness (QED) is 0.457. The van der Waals surface area contributed by atoms with Gasteiger partial charge in [-0.15, -0.1) is 0 Å². The first-order chi connectivity index (χ1) is 9.17. The van der Waals surface area contributed by atoms with Gasteiger partial charge in [0.2, 0.25) is 0 Å². The van der Waals surface area contributed by atoms with Gasteiger partial charge in [-0.2, -0.15) is 0 Å². The smallest absolute Gasteiger partial charge is 0.0473 e. The zero-order valence-electron chi connectivity index (χ0n) is 10.9. The van der Waals surface area contributed by atoms with E-state index in [4.69, 9.17) is 17.4 Å². The molecule has 2 bridgehead atoms. The summed E-state index contributed by atoms with van der Waals surface area (Å²) in [7, 11) is 0. The third-order valence-corrected chi connectivity index (χ3v) is 6.18. The lowest BCUT2D eigenvalue weighted by atomic mass is 9.83. The van der Waals surface area contributed by atoms with Crippen LogP contribution < -0.4 is 11.3 Å². The predicted molar refractivity (Wildman–Crippen MR) is 87.8 cm³/mol. The van der Waals surface area contributed by atoms with E-state index < -0.39 is 0 Å². The fourth-order valence-electron chi connectivity index (χ4n) is 4.03. The molecule has 2 fully saturated rings. The molecule has 2 aliphatic carbocycles. The first-order valence-electron chi connectivity index (χ1n) is 7.08. The highest BCUT2D eigenvalue weighted by Crippen LogP contribution is 2.51. The molecule has 0 aliphatic heterocycles. The molecule has 0 amide bonds. The van der Waals surface area contributed by atoms with Crippen molar-refractivity contribution < 1.29 is 0 Å². The van der Waals surface area contributed by atoms with Crippen molar-refractivity contribution in [1.82, 2.24) is 5.43 Å². The van der Waals surface area contributed by atoms with Crippen molar-refractivity contribution in [3.8, 4) is 0 Å². The molecule has 3 N–H and O–H groups in total. The van der Waals surface area contributed by atoms with Crippen molar-refractivity contribution in [1.29, 1.82) is 0 Å². The van der Waals surface area contributed by atoms with Gasteiger partial charge in [0.1, 0.15) is 0 Å². The molecular weight excluding hydrogens is 371 g/mol. The maximum absolute atomic E-state index is 6.13. The van der Waals surface area contributed by atoms with E-state index in [1.54, 1.807) is 0 Å². The van der Waals surface area contributed by atoms with Crippen LogP contribution in [0.25, 0.3) is 0 Å². The van der Waals surface area contributed by atoms with Crippen molar-refractivity contribution in [2.24, 2.45) is 23.6 Å². The second-order valence-corrected chi connectivity index (χ2v) is 7.65. The molecule has 1 aromatic carbocycles. The van der Waals surface area contributed by atoms with Gasteiger partial charge in [-0.05, 0) is 89.8 Å². The SMILES string of the molecule is NNC(CC1CC2CCC1C2)c1cc(Cl)ccc1I. The third kappa shape index (κ3) is 2.94. The van der Waals surface area contributed by atoms with Gasteiger partial charge in [0, 0.05) is 14.6 Å². The van der Waals surface area contributed by atoms with Crippen LogP contribution in [0.4, 0.5) is 0 Å². The Balaban J connectivity index is 1.75. The molecule has 0 saturated heterocycles. The number of hydrogen-bond acceptors (Lipinski definition) is 2. The number of hydrogen-bond donors (Lipinski definition) is 2. The van der Waals surface area contributed by atoms with E-state index in [9.17, 15) is 0 Å². The summed E-state index contributed by atoms with van der Waals surface area (Å²) in [4.78, 5) is 0. The second kappa shape index (κ2) is 5.88. The molecule has 104 valence electrons. The lowest BCUT2D eigenvalue weighted by Gasteiger charge is -2.27. The summed E-state index contributed by atoms with van der Waals surface area (Å²) < 4.78 is 1.24. The molecule has 0 aromatic heterocycles. The van der Waals surface area contributed by atoms with Crippen molar-refractivity contribution in [3.05, 3.63) is 32.4 Å². The van der Waals surface area contributed by atoms with E-state index in [0.717, 1.165) is 29.2 Å². The number of halogens is 2. The lowest BCUT2D eigenvalue weighted by Crippen LogP contribution is -2.31.